The molecule has 0 spiro atoms. The van der Waals surface area contributed by atoms with Crippen molar-refractivity contribution in [3.05, 3.63) is 182 Å². The van der Waals surface area contributed by atoms with Crippen LogP contribution in [0.4, 0.5) is 17.1 Å². The highest BCUT2D eigenvalue weighted by atomic mass is 15.1. The van der Waals surface area contributed by atoms with Gasteiger partial charge in [-0.15, -0.1) is 0 Å². The molecule has 0 unspecified atom stereocenters. The average Bonchev–Trinajstić information content (AvgIpc) is 3.69. The van der Waals surface area contributed by atoms with Crippen molar-refractivity contribution >= 4 is 71.4 Å². The van der Waals surface area contributed by atoms with Gasteiger partial charge < -0.3 is 14.0 Å². The zero-order chi connectivity index (χ0) is 35.2. The van der Waals surface area contributed by atoms with E-state index in [0.29, 0.717) is 0 Å². The lowest BCUT2D eigenvalue weighted by Crippen LogP contribution is -2.10. The van der Waals surface area contributed by atoms with Crippen LogP contribution in [0.1, 0.15) is 13.8 Å². The van der Waals surface area contributed by atoms with Crippen molar-refractivity contribution in [3.8, 4) is 16.8 Å². The Labute approximate surface area is 304 Å². The molecule has 2 aromatic heterocycles. The molecule has 0 bridgehead atoms. The van der Waals surface area contributed by atoms with Crippen LogP contribution < -0.4 is 4.90 Å². The molecule has 0 saturated heterocycles. The van der Waals surface area contributed by atoms with Crippen molar-refractivity contribution in [2.24, 2.45) is 7.05 Å². The van der Waals surface area contributed by atoms with E-state index in [9.17, 15) is 0 Å². The van der Waals surface area contributed by atoms with Crippen molar-refractivity contribution in [1.29, 1.82) is 0 Å². The standard InChI is InChI=1S/C47H33N3.C2H6/c1-48-44-27-23-33(39-21-12-14-32-13-8-9-19-38(32)39)29-42(44)43-30-36(25-28-45(43)48)49(34-15-4-2-5-16-34)37-24-26-41-40-20-10-11-22-46(40)50(47(41)31-37)35-17-6-3-7-18-35;1-2/h2-31H,1H3;1-2H3. The van der Waals surface area contributed by atoms with Crippen LogP contribution in [0.15, 0.2) is 182 Å². The third kappa shape index (κ3) is 5.05. The minimum absolute atomic E-state index is 1.11. The van der Waals surface area contributed by atoms with Crippen LogP contribution in [0.3, 0.4) is 0 Å². The van der Waals surface area contributed by atoms with Gasteiger partial charge in [0.25, 0.3) is 0 Å². The normalized spacial score (nSPS) is 11.4. The summed E-state index contributed by atoms with van der Waals surface area (Å²) >= 11 is 0. The number of para-hydroxylation sites is 3. The Kier molecular flexibility index (Phi) is 7.82. The molecule has 250 valence electrons. The number of aromatic nitrogens is 2. The molecule has 0 fully saturated rings. The molecule has 3 heteroatoms. The van der Waals surface area contributed by atoms with Crippen molar-refractivity contribution in [3.63, 3.8) is 0 Å². The molecular formula is C49H39N3. The Morgan fingerprint density at radius 1 is 0.385 bits per heavy atom. The maximum Gasteiger partial charge on any atom is 0.0561 e. The average molecular weight is 670 g/mol. The summed E-state index contributed by atoms with van der Waals surface area (Å²) in [5, 5.41) is 7.51. The van der Waals surface area contributed by atoms with Gasteiger partial charge in [-0.3, -0.25) is 0 Å². The first-order valence-corrected chi connectivity index (χ1v) is 18.2. The van der Waals surface area contributed by atoms with Gasteiger partial charge in [-0.25, -0.2) is 0 Å². The Morgan fingerprint density at radius 3 is 1.79 bits per heavy atom. The zero-order valence-corrected chi connectivity index (χ0v) is 29.7. The van der Waals surface area contributed by atoms with Gasteiger partial charge in [0, 0.05) is 62.4 Å². The van der Waals surface area contributed by atoms with Gasteiger partial charge in [-0.1, -0.05) is 123 Å². The van der Waals surface area contributed by atoms with Crippen LogP contribution in [-0.2, 0) is 7.05 Å². The van der Waals surface area contributed by atoms with Crippen LogP contribution in [0.5, 0.6) is 0 Å². The van der Waals surface area contributed by atoms with Crippen LogP contribution >= 0.6 is 0 Å². The second-order valence-electron chi connectivity index (χ2n) is 13.1. The molecule has 0 N–H and O–H groups in total. The third-order valence-electron chi connectivity index (χ3n) is 10.3. The van der Waals surface area contributed by atoms with E-state index in [0.717, 1.165) is 22.7 Å². The van der Waals surface area contributed by atoms with E-state index < -0.39 is 0 Å². The Bertz CT molecular complexity index is 2870. The minimum Gasteiger partial charge on any atom is -0.344 e. The minimum atomic E-state index is 1.11. The quantitative estimate of drug-likeness (QED) is 0.178. The molecule has 2 heterocycles. The van der Waals surface area contributed by atoms with E-state index in [4.69, 9.17) is 0 Å². The van der Waals surface area contributed by atoms with Gasteiger partial charge in [0.1, 0.15) is 0 Å². The van der Waals surface area contributed by atoms with Gasteiger partial charge >= 0.3 is 0 Å². The number of aryl methyl sites for hydroxylation is 1. The Balaban J connectivity index is 0.00000177. The number of anilines is 3. The fraction of sp³-hybridized carbons (Fsp3) is 0.0612. The Morgan fingerprint density at radius 2 is 0.981 bits per heavy atom. The summed E-state index contributed by atoms with van der Waals surface area (Å²) in [6, 6.07) is 66.1. The third-order valence-corrected chi connectivity index (χ3v) is 10.3. The molecule has 8 aromatic carbocycles. The highest BCUT2D eigenvalue weighted by Gasteiger charge is 2.19. The highest BCUT2D eigenvalue weighted by Crippen LogP contribution is 2.42. The second kappa shape index (κ2) is 12.9. The largest absolute Gasteiger partial charge is 0.344 e. The van der Waals surface area contributed by atoms with Crippen molar-refractivity contribution in [2.45, 2.75) is 13.8 Å². The number of hydrogen-bond acceptors (Lipinski definition) is 1. The van der Waals surface area contributed by atoms with E-state index in [2.05, 4.69) is 203 Å². The molecule has 52 heavy (non-hydrogen) atoms. The number of nitrogens with zero attached hydrogens (tertiary/aromatic N) is 3. The second-order valence-corrected chi connectivity index (χ2v) is 13.1. The lowest BCUT2D eigenvalue weighted by Gasteiger charge is -2.26. The van der Waals surface area contributed by atoms with Crippen LogP contribution in [0, 0.1) is 0 Å². The first-order chi connectivity index (χ1) is 25.7. The van der Waals surface area contributed by atoms with Crippen LogP contribution in [0.2, 0.25) is 0 Å². The maximum absolute atomic E-state index is 2.39. The number of benzene rings is 8. The molecule has 0 atom stereocenters. The SMILES string of the molecule is CC.Cn1c2ccc(-c3cccc4ccccc34)cc2c2cc(N(c3ccccc3)c3ccc4c5ccccc5n(-c5ccccc5)c4c3)ccc21. The van der Waals surface area contributed by atoms with Gasteiger partial charge in [-0.2, -0.15) is 0 Å². The molecule has 0 amide bonds. The van der Waals surface area contributed by atoms with Gasteiger partial charge in [-0.05, 0) is 94.7 Å². The molecular weight excluding hydrogens is 631 g/mol. The summed E-state index contributed by atoms with van der Waals surface area (Å²) in [6.45, 7) is 4.00. The molecule has 10 aromatic rings. The van der Waals surface area contributed by atoms with Gasteiger partial charge in [0.05, 0.1) is 11.0 Å². The molecule has 0 radical (unpaired) electrons. The summed E-state index contributed by atoms with van der Waals surface area (Å²) in [6.07, 6.45) is 0. The Hall–Kier alpha value is -6.58. The lowest BCUT2D eigenvalue weighted by molar-refractivity contribution is 1.01. The highest BCUT2D eigenvalue weighted by molar-refractivity contribution is 6.13. The topological polar surface area (TPSA) is 13.1 Å². The van der Waals surface area contributed by atoms with Crippen molar-refractivity contribution in [2.75, 3.05) is 4.90 Å². The fourth-order valence-electron chi connectivity index (χ4n) is 7.97. The fourth-order valence-corrected chi connectivity index (χ4v) is 7.97. The first-order valence-electron chi connectivity index (χ1n) is 18.2. The first kappa shape index (κ1) is 31.4. The number of hydrogen-bond donors (Lipinski definition) is 0. The van der Waals surface area contributed by atoms with E-state index in [1.165, 1.54) is 65.5 Å². The summed E-state index contributed by atoms with van der Waals surface area (Å²) in [7, 11) is 2.17. The maximum atomic E-state index is 2.39. The van der Waals surface area contributed by atoms with E-state index in [1.54, 1.807) is 0 Å². The molecule has 3 nitrogen and oxygen atoms in total. The molecule has 0 aliphatic heterocycles. The molecule has 0 saturated carbocycles. The van der Waals surface area contributed by atoms with Crippen LogP contribution in [0.25, 0.3) is 71.2 Å². The van der Waals surface area contributed by atoms with E-state index >= 15 is 0 Å². The predicted molar refractivity (Wildman–Crippen MR) is 224 cm³/mol. The summed E-state index contributed by atoms with van der Waals surface area (Å²) in [4.78, 5) is 2.39. The molecule has 10 rings (SSSR count). The number of fused-ring (bicyclic) bond motifs is 7. The van der Waals surface area contributed by atoms with Crippen molar-refractivity contribution in [1.82, 2.24) is 9.13 Å². The molecule has 0 aliphatic rings. The monoisotopic (exact) mass is 669 g/mol. The summed E-state index contributed by atoms with van der Waals surface area (Å²) in [5.74, 6) is 0. The summed E-state index contributed by atoms with van der Waals surface area (Å²) in [5.41, 5.74) is 11.8. The van der Waals surface area contributed by atoms with E-state index in [1.807, 2.05) is 13.8 Å². The van der Waals surface area contributed by atoms with Crippen molar-refractivity contribution < 1.29 is 0 Å². The van der Waals surface area contributed by atoms with Gasteiger partial charge in [0.2, 0.25) is 0 Å². The van der Waals surface area contributed by atoms with Crippen LogP contribution in [-0.4, -0.2) is 9.13 Å². The number of rotatable bonds is 5. The van der Waals surface area contributed by atoms with E-state index in [-0.39, 0.29) is 0 Å². The lowest BCUT2D eigenvalue weighted by atomic mass is 9.97. The zero-order valence-electron chi connectivity index (χ0n) is 29.7. The smallest absolute Gasteiger partial charge is 0.0561 e. The predicted octanol–water partition coefficient (Wildman–Crippen LogP) is 13.7. The van der Waals surface area contributed by atoms with Gasteiger partial charge in [0.15, 0.2) is 0 Å². The molecule has 0 aliphatic carbocycles. The summed E-state index contributed by atoms with van der Waals surface area (Å²) < 4.78 is 4.71.